The van der Waals surface area contributed by atoms with Gasteiger partial charge in [0.2, 0.25) is 0 Å². The van der Waals surface area contributed by atoms with Crippen molar-refractivity contribution in [1.82, 2.24) is 14.5 Å². The molecule has 1 atom stereocenters. The molecule has 0 spiro atoms. The van der Waals surface area contributed by atoms with E-state index in [1.54, 1.807) is 0 Å². The van der Waals surface area contributed by atoms with Crippen LogP contribution in [0.3, 0.4) is 0 Å². The maximum Gasteiger partial charge on any atom is 0.111 e. The van der Waals surface area contributed by atoms with Crippen LogP contribution in [0.15, 0.2) is 18.5 Å². The molecule has 0 saturated carbocycles. The molecule has 19 heavy (non-hydrogen) atoms. The Morgan fingerprint density at radius 1 is 1.42 bits per heavy atom. The smallest absolute Gasteiger partial charge is 0.111 e. The molecule has 102 valence electrons. The minimum atomic E-state index is 0.299. The van der Waals surface area contributed by atoms with Gasteiger partial charge in [-0.1, -0.05) is 0 Å². The third-order valence-electron chi connectivity index (χ3n) is 3.61. The number of ether oxygens (including phenoxy) is 1. The number of nitrogens with zero attached hydrogens (tertiary/aromatic N) is 3. The highest BCUT2D eigenvalue weighted by atomic mass is 35.5. The second-order valence-electron chi connectivity index (χ2n) is 4.93. The van der Waals surface area contributed by atoms with Crippen molar-refractivity contribution in [2.24, 2.45) is 0 Å². The minimum Gasteiger partial charge on any atom is -0.376 e. The summed E-state index contributed by atoms with van der Waals surface area (Å²) >= 11 is 5.88. The highest BCUT2D eigenvalue weighted by Gasteiger charge is 2.18. The number of aromatic nitrogens is 3. The quantitative estimate of drug-likeness (QED) is 0.808. The van der Waals surface area contributed by atoms with Gasteiger partial charge in [0.15, 0.2) is 0 Å². The van der Waals surface area contributed by atoms with Crippen LogP contribution in [-0.4, -0.2) is 33.1 Å². The topological polar surface area (TPSA) is 39.9 Å². The lowest BCUT2D eigenvalue weighted by Crippen LogP contribution is -2.25. The van der Waals surface area contributed by atoms with Gasteiger partial charge in [0.25, 0.3) is 0 Å². The summed E-state index contributed by atoms with van der Waals surface area (Å²) in [4.78, 5) is 8.76. The van der Waals surface area contributed by atoms with Crippen molar-refractivity contribution in [3.05, 3.63) is 24.3 Å². The SMILES string of the molecule is ClCCc1nc2cnccc2n1CC1CCCCO1. The first-order valence-corrected chi connectivity index (χ1v) is 7.38. The maximum absolute atomic E-state index is 5.88. The largest absolute Gasteiger partial charge is 0.376 e. The minimum absolute atomic E-state index is 0.299. The Labute approximate surface area is 117 Å². The van der Waals surface area contributed by atoms with Gasteiger partial charge in [-0.25, -0.2) is 4.98 Å². The van der Waals surface area contributed by atoms with Crippen LogP contribution in [0, 0.1) is 0 Å². The molecule has 0 aromatic carbocycles. The summed E-state index contributed by atoms with van der Waals surface area (Å²) in [6.45, 7) is 1.75. The van der Waals surface area contributed by atoms with E-state index in [2.05, 4.69) is 14.5 Å². The number of halogens is 1. The van der Waals surface area contributed by atoms with E-state index in [1.807, 2.05) is 18.5 Å². The Hall–Kier alpha value is -1.13. The molecule has 2 aromatic rings. The number of rotatable bonds is 4. The van der Waals surface area contributed by atoms with Crippen molar-refractivity contribution < 1.29 is 4.74 Å². The van der Waals surface area contributed by atoms with E-state index < -0.39 is 0 Å². The zero-order valence-electron chi connectivity index (χ0n) is 10.9. The summed E-state index contributed by atoms with van der Waals surface area (Å²) in [6, 6.07) is 2.02. The summed E-state index contributed by atoms with van der Waals surface area (Å²) in [6.07, 6.45) is 8.27. The van der Waals surface area contributed by atoms with Gasteiger partial charge in [-0.15, -0.1) is 11.6 Å². The van der Waals surface area contributed by atoms with E-state index >= 15 is 0 Å². The molecule has 1 aliphatic rings. The maximum atomic E-state index is 5.88. The van der Waals surface area contributed by atoms with Crippen molar-refractivity contribution in [3.8, 4) is 0 Å². The molecule has 1 unspecified atom stereocenters. The number of fused-ring (bicyclic) bond motifs is 1. The molecule has 0 aliphatic carbocycles. The first kappa shape index (κ1) is 12.9. The molecule has 1 fully saturated rings. The lowest BCUT2D eigenvalue weighted by atomic mass is 10.1. The third-order valence-corrected chi connectivity index (χ3v) is 3.80. The highest BCUT2D eigenvalue weighted by Crippen LogP contribution is 2.20. The van der Waals surface area contributed by atoms with E-state index in [9.17, 15) is 0 Å². The molecule has 3 heterocycles. The van der Waals surface area contributed by atoms with Crippen LogP contribution in [0.5, 0.6) is 0 Å². The van der Waals surface area contributed by atoms with Gasteiger partial charge < -0.3 is 9.30 Å². The van der Waals surface area contributed by atoms with Gasteiger partial charge in [0, 0.05) is 25.1 Å². The van der Waals surface area contributed by atoms with Gasteiger partial charge in [-0.3, -0.25) is 4.98 Å². The fraction of sp³-hybridized carbons (Fsp3) is 0.571. The number of pyridine rings is 1. The zero-order chi connectivity index (χ0) is 13.1. The molecule has 0 N–H and O–H groups in total. The zero-order valence-corrected chi connectivity index (χ0v) is 11.6. The molecular weight excluding hydrogens is 262 g/mol. The van der Waals surface area contributed by atoms with Gasteiger partial charge >= 0.3 is 0 Å². The molecule has 2 aromatic heterocycles. The lowest BCUT2D eigenvalue weighted by Gasteiger charge is -2.24. The average Bonchev–Trinajstić information content (AvgIpc) is 2.79. The first-order valence-electron chi connectivity index (χ1n) is 6.85. The summed E-state index contributed by atoms with van der Waals surface area (Å²) in [5.74, 6) is 1.62. The molecule has 0 amide bonds. The van der Waals surface area contributed by atoms with Gasteiger partial charge in [0.1, 0.15) is 11.3 Å². The Morgan fingerprint density at radius 2 is 2.37 bits per heavy atom. The van der Waals surface area contributed by atoms with Crippen molar-refractivity contribution in [2.75, 3.05) is 12.5 Å². The second kappa shape index (κ2) is 5.88. The fourth-order valence-electron chi connectivity index (χ4n) is 2.67. The van der Waals surface area contributed by atoms with Crippen molar-refractivity contribution in [2.45, 2.75) is 38.3 Å². The molecule has 4 nitrogen and oxygen atoms in total. The summed E-state index contributed by atoms with van der Waals surface area (Å²) < 4.78 is 8.08. The predicted molar refractivity (Wildman–Crippen MR) is 75.5 cm³/mol. The molecular formula is C14H18ClN3O. The van der Waals surface area contributed by atoms with Crippen LogP contribution in [0.4, 0.5) is 0 Å². The summed E-state index contributed by atoms with van der Waals surface area (Å²) in [7, 11) is 0. The summed E-state index contributed by atoms with van der Waals surface area (Å²) in [5.41, 5.74) is 2.07. The molecule has 1 aliphatic heterocycles. The van der Waals surface area contributed by atoms with Crippen molar-refractivity contribution in [3.63, 3.8) is 0 Å². The van der Waals surface area contributed by atoms with E-state index in [0.717, 1.165) is 42.9 Å². The Balaban J connectivity index is 1.92. The van der Waals surface area contributed by atoms with E-state index in [1.165, 1.54) is 12.8 Å². The molecule has 0 bridgehead atoms. The predicted octanol–water partition coefficient (Wildman–Crippen LogP) is 2.78. The normalized spacial score (nSPS) is 19.9. The summed E-state index contributed by atoms with van der Waals surface area (Å²) in [5, 5.41) is 0. The second-order valence-corrected chi connectivity index (χ2v) is 5.31. The molecule has 5 heteroatoms. The van der Waals surface area contributed by atoms with Crippen LogP contribution < -0.4 is 0 Å². The molecule has 1 saturated heterocycles. The van der Waals surface area contributed by atoms with Gasteiger partial charge in [-0.05, 0) is 25.3 Å². The van der Waals surface area contributed by atoms with Crippen LogP contribution >= 0.6 is 11.6 Å². The van der Waals surface area contributed by atoms with Crippen molar-refractivity contribution >= 4 is 22.6 Å². The lowest BCUT2D eigenvalue weighted by molar-refractivity contribution is 0.00621. The van der Waals surface area contributed by atoms with Gasteiger partial charge in [0.05, 0.1) is 24.4 Å². The van der Waals surface area contributed by atoms with Crippen LogP contribution in [0.2, 0.25) is 0 Å². The first-order chi connectivity index (χ1) is 9.38. The van der Waals surface area contributed by atoms with E-state index in [-0.39, 0.29) is 0 Å². The van der Waals surface area contributed by atoms with E-state index in [4.69, 9.17) is 16.3 Å². The number of alkyl halides is 1. The number of aryl methyl sites for hydroxylation is 1. The average molecular weight is 280 g/mol. The van der Waals surface area contributed by atoms with Crippen LogP contribution in [0.25, 0.3) is 11.0 Å². The molecule has 0 radical (unpaired) electrons. The fourth-order valence-corrected chi connectivity index (χ4v) is 2.83. The van der Waals surface area contributed by atoms with Crippen LogP contribution in [-0.2, 0) is 17.7 Å². The Kier molecular flexibility index (Phi) is 3.99. The number of hydrogen-bond acceptors (Lipinski definition) is 3. The van der Waals surface area contributed by atoms with Crippen LogP contribution in [0.1, 0.15) is 25.1 Å². The Morgan fingerprint density at radius 3 is 3.16 bits per heavy atom. The number of imidazole rings is 1. The standard InChI is InChI=1S/C14H18ClN3O/c15-6-4-14-17-12-9-16-7-5-13(12)18(14)10-11-3-1-2-8-19-11/h5,7,9,11H,1-4,6,8,10H2. The Bertz CT molecular complexity index is 549. The van der Waals surface area contributed by atoms with Gasteiger partial charge in [-0.2, -0.15) is 0 Å². The highest BCUT2D eigenvalue weighted by molar-refractivity contribution is 6.17. The van der Waals surface area contributed by atoms with Crippen molar-refractivity contribution in [1.29, 1.82) is 0 Å². The van der Waals surface area contributed by atoms with E-state index in [0.29, 0.717) is 12.0 Å². The molecule has 3 rings (SSSR count). The third kappa shape index (κ3) is 2.74. The monoisotopic (exact) mass is 279 g/mol. The number of hydrogen-bond donors (Lipinski definition) is 0.